The topological polar surface area (TPSA) is 35.5 Å². The Morgan fingerprint density at radius 2 is 1.95 bits per heavy atom. The van der Waals surface area contributed by atoms with E-state index in [1.807, 2.05) is 24.3 Å². The van der Waals surface area contributed by atoms with Gasteiger partial charge in [0, 0.05) is 5.56 Å². The molecular formula is C17H22O3. The zero-order chi connectivity index (χ0) is 14.0. The van der Waals surface area contributed by atoms with E-state index >= 15 is 0 Å². The first-order valence-corrected chi connectivity index (χ1v) is 7.59. The Morgan fingerprint density at radius 3 is 2.60 bits per heavy atom. The lowest BCUT2D eigenvalue weighted by Crippen LogP contribution is -2.27. The second-order valence-electron chi connectivity index (χ2n) is 6.06. The lowest BCUT2D eigenvalue weighted by molar-refractivity contribution is -0.0508. The van der Waals surface area contributed by atoms with Crippen molar-refractivity contribution in [1.82, 2.24) is 0 Å². The van der Waals surface area contributed by atoms with Crippen molar-refractivity contribution < 1.29 is 14.3 Å². The first-order valence-electron chi connectivity index (χ1n) is 7.59. The Kier molecular flexibility index (Phi) is 3.79. The van der Waals surface area contributed by atoms with Gasteiger partial charge in [-0.2, -0.15) is 0 Å². The highest BCUT2D eigenvalue weighted by atomic mass is 16.6. The van der Waals surface area contributed by atoms with E-state index in [1.165, 1.54) is 32.1 Å². The van der Waals surface area contributed by atoms with Gasteiger partial charge < -0.3 is 9.47 Å². The van der Waals surface area contributed by atoms with Gasteiger partial charge in [0.2, 0.25) is 0 Å². The minimum Gasteiger partial charge on any atom is -0.491 e. The summed E-state index contributed by atoms with van der Waals surface area (Å²) in [5.41, 5.74) is 0.895. The summed E-state index contributed by atoms with van der Waals surface area (Å²) in [6.45, 7) is 2.18. The summed E-state index contributed by atoms with van der Waals surface area (Å²) in [6, 6.07) is 7.34. The standard InChI is InChI=1S/C17H22O3/c1-13(18)14-4-6-15(7-5-14)19-12-16-8-11-17(20-16)9-2-3-10-17/h4-7,16H,2-3,8-12H2,1H3. The molecule has 2 fully saturated rings. The van der Waals surface area contributed by atoms with Crippen LogP contribution in [0.3, 0.4) is 0 Å². The van der Waals surface area contributed by atoms with Crippen LogP contribution in [0.4, 0.5) is 0 Å². The van der Waals surface area contributed by atoms with Gasteiger partial charge in [0.15, 0.2) is 5.78 Å². The SMILES string of the molecule is CC(=O)c1ccc(OCC2CCC3(CCCC3)O2)cc1. The fourth-order valence-electron chi connectivity index (χ4n) is 3.38. The fourth-order valence-corrected chi connectivity index (χ4v) is 3.38. The molecule has 1 unspecified atom stereocenters. The van der Waals surface area contributed by atoms with Gasteiger partial charge in [-0.05, 0) is 56.9 Å². The largest absolute Gasteiger partial charge is 0.491 e. The Morgan fingerprint density at radius 1 is 1.25 bits per heavy atom. The van der Waals surface area contributed by atoms with Crippen molar-refractivity contribution in [2.24, 2.45) is 0 Å². The molecule has 1 spiro atoms. The van der Waals surface area contributed by atoms with E-state index < -0.39 is 0 Å². The van der Waals surface area contributed by atoms with E-state index in [1.54, 1.807) is 6.92 Å². The molecule has 3 rings (SSSR count). The summed E-state index contributed by atoms with van der Waals surface area (Å²) in [6.07, 6.45) is 7.56. The minimum absolute atomic E-state index is 0.0823. The van der Waals surface area contributed by atoms with Crippen molar-refractivity contribution in [3.05, 3.63) is 29.8 Å². The van der Waals surface area contributed by atoms with Crippen LogP contribution in [-0.4, -0.2) is 24.1 Å². The number of hydrogen-bond acceptors (Lipinski definition) is 3. The number of hydrogen-bond donors (Lipinski definition) is 0. The third-order valence-corrected chi connectivity index (χ3v) is 4.55. The maximum atomic E-state index is 11.2. The van der Waals surface area contributed by atoms with Crippen molar-refractivity contribution in [2.75, 3.05) is 6.61 Å². The van der Waals surface area contributed by atoms with Gasteiger partial charge in [0.25, 0.3) is 0 Å². The van der Waals surface area contributed by atoms with Crippen LogP contribution in [0.15, 0.2) is 24.3 Å². The maximum Gasteiger partial charge on any atom is 0.159 e. The third-order valence-electron chi connectivity index (χ3n) is 4.55. The third kappa shape index (κ3) is 2.88. The van der Waals surface area contributed by atoms with Crippen LogP contribution in [-0.2, 0) is 4.74 Å². The van der Waals surface area contributed by atoms with Crippen LogP contribution < -0.4 is 4.74 Å². The van der Waals surface area contributed by atoms with Crippen molar-refractivity contribution in [2.45, 2.75) is 57.2 Å². The lowest BCUT2D eigenvalue weighted by atomic mass is 9.98. The van der Waals surface area contributed by atoms with Crippen LogP contribution in [0, 0.1) is 0 Å². The van der Waals surface area contributed by atoms with E-state index in [0.717, 1.165) is 17.7 Å². The molecule has 1 heterocycles. The Labute approximate surface area is 120 Å². The quantitative estimate of drug-likeness (QED) is 0.784. The summed E-state index contributed by atoms with van der Waals surface area (Å²) < 4.78 is 12.0. The van der Waals surface area contributed by atoms with Crippen LogP contribution in [0.2, 0.25) is 0 Å². The van der Waals surface area contributed by atoms with Crippen LogP contribution in [0.25, 0.3) is 0 Å². The van der Waals surface area contributed by atoms with Gasteiger partial charge in [-0.3, -0.25) is 4.79 Å². The average Bonchev–Trinajstić information content (AvgIpc) is 3.08. The molecule has 1 aliphatic carbocycles. The fraction of sp³-hybridized carbons (Fsp3) is 0.588. The Hall–Kier alpha value is -1.35. The monoisotopic (exact) mass is 274 g/mol. The zero-order valence-electron chi connectivity index (χ0n) is 12.1. The molecule has 20 heavy (non-hydrogen) atoms. The number of ketones is 1. The van der Waals surface area contributed by atoms with E-state index in [9.17, 15) is 4.79 Å². The zero-order valence-corrected chi connectivity index (χ0v) is 12.1. The molecule has 1 aliphatic heterocycles. The first-order chi connectivity index (χ1) is 9.67. The highest BCUT2D eigenvalue weighted by Gasteiger charge is 2.42. The Bertz CT molecular complexity index is 472. The molecule has 1 saturated carbocycles. The van der Waals surface area contributed by atoms with E-state index in [2.05, 4.69) is 0 Å². The maximum absolute atomic E-state index is 11.2. The summed E-state index contributed by atoms with van der Waals surface area (Å²) in [4.78, 5) is 11.2. The predicted octanol–water partition coefficient (Wildman–Crippen LogP) is 3.76. The number of carbonyl (C=O) groups excluding carboxylic acids is 1. The molecule has 0 radical (unpaired) electrons. The second-order valence-corrected chi connectivity index (χ2v) is 6.06. The lowest BCUT2D eigenvalue weighted by Gasteiger charge is -2.23. The van der Waals surface area contributed by atoms with Crippen molar-refractivity contribution >= 4 is 5.78 Å². The summed E-state index contributed by atoms with van der Waals surface area (Å²) in [5.74, 6) is 0.893. The van der Waals surface area contributed by atoms with Crippen LogP contribution >= 0.6 is 0 Å². The van der Waals surface area contributed by atoms with Gasteiger partial charge in [-0.25, -0.2) is 0 Å². The van der Waals surface area contributed by atoms with Crippen molar-refractivity contribution in [1.29, 1.82) is 0 Å². The molecule has 1 saturated heterocycles. The van der Waals surface area contributed by atoms with E-state index in [-0.39, 0.29) is 17.5 Å². The Balaban J connectivity index is 1.51. The molecule has 108 valence electrons. The van der Waals surface area contributed by atoms with E-state index in [0.29, 0.717) is 6.61 Å². The smallest absolute Gasteiger partial charge is 0.159 e. The minimum atomic E-state index is 0.0823. The number of rotatable bonds is 4. The van der Waals surface area contributed by atoms with Crippen molar-refractivity contribution in [3.8, 4) is 5.75 Å². The molecule has 1 aromatic rings. The molecular weight excluding hydrogens is 252 g/mol. The molecule has 1 aromatic carbocycles. The molecule has 3 nitrogen and oxygen atoms in total. The molecule has 0 aromatic heterocycles. The average molecular weight is 274 g/mol. The molecule has 0 N–H and O–H groups in total. The van der Waals surface area contributed by atoms with Crippen molar-refractivity contribution in [3.63, 3.8) is 0 Å². The van der Waals surface area contributed by atoms with Gasteiger partial charge >= 0.3 is 0 Å². The molecule has 1 atom stereocenters. The summed E-state index contributed by atoms with van der Waals surface area (Å²) in [5, 5.41) is 0. The van der Waals surface area contributed by atoms with Gasteiger partial charge in [0.1, 0.15) is 12.4 Å². The second kappa shape index (κ2) is 5.57. The summed E-state index contributed by atoms with van der Waals surface area (Å²) >= 11 is 0. The van der Waals surface area contributed by atoms with Crippen LogP contribution in [0.5, 0.6) is 5.75 Å². The van der Waals surface area contributed by atoms with Crippen LogP contribution in [0.1, 0.15) is 55.8 Å². The predicted molar refractivity (Wildman–Crippen MR) is 77.2 cm³/mol. The molecule has 0 amide bonds. The highest BCUT2D eigenvalue weighted by molar-refractivity contribution is 5.94. The number of Topliss-reactive ketones (excluding diaryl/α,β-unsaturated/α-hetero) is 1. The van der Waals surface area contributed by atoms with Gasteiger partial charge in [-0.15, -0.1) is 0 Å². The first kappa shape index (κ1) is 13.6. The van der Waals surface area contributed by atoms with Gasteiger partial charge in [-0.1, -0.05) is 12.8 Å². The number of benzene rings is 1. The molecule has 2 aliphatic rings. The van der Waals surface area contributed by atoms with Gasteiger partial charge in [0.05, 0.1) is 11.7 Å². The highest BCUT2D eigenvalue weighted by Crippen LogP contribution is 2.43. The summed E-state index contributed by atoms with van der Waals surface area (Å²) in [7, 11) is 0. The number of carbonyl (C=O) groups is 1. The molecule has 3 heteroatoms. The van der Waals surface area contributed by atoms with E-state index in [4.69, 9.17) is 9.47 Å². The molecule has 0 bridgehead atoms. The normalized spacial score (nSPS) is 24.1. The number of ether oxygens (including phenoxy) is 2.